The molecule has 0 aliphatic carbocycles. The molecule has 0 bridgehead atoms. The van der Waals surface area contributed by atoms with Gasteiger partial charge in [-0.3, -0.25) is 4.68 Å². The van der Waals surface area contributed by atoms with Crippen molar-refractivity contribution in [3.8, 4) is 0 Å². The third-order valence-corrected chi connectivity index (χ3v) is 4.41. The first kappa shape index (κ1) is 16.2. The van der Waals surface area contributed by atoms with Crippen molar-refractivity contribution in [3.63, 3.8) is 0 Å². The van der Waals surface area contributed by atoms with Crippen LogP contribution in [0.25, 0.3) is 0 Å². The molecule has 1 aromatic rings. The van der Waals surface area contributed by atoms with Gasteiger partial charge < -0.3 is 10.5 Å². The molecule has 19 heavy (non-hydrogen) atoms. The molecule has 2 atom stereocenters. The van der Waals surface area contributed by atoms with Crippen LogP contribution in [0.5, 0.6) is 0 Å². The fourth-order valence-corrected chi connectivity index (χ4v) is 2.54. The van der Waals surface area contributed by atoms with Crippen molar-refractivity contribution in [1.29, 1.82) is 0 Å². The maximum Gasteiger partial charge on any atom is 0.0827 e. The van der Waals surface area contributed by atoms with Crippen LogP contribution in [0.3, 0.4) is 0 Å². The molecular weight excluding hydrogens is 238 g/mol. The van der Waals surface area contributed by atoms with Crippen LogP contribution in [0.15, 0.2) is 12.3 Å². The average Bonchev–Trinajstić information content (AvgIpc) is 2.89. The number of hydrogen-bond acceptors (Lipinski definition) is 3. The first-order chi connectivity index (χ1) is 9.02. The molecule has 0 aliphatic rings. The lowest BCUT2D eigenvalue weighted by Crippen LogP contribution is -2.50. The van der Waals surface area contributed by atoms with Crippen LogP contribution >= 0.6 is 0 Å². The summed E-state index contributed by atoms with van der Waals surface area (Å²) in [7, 11) is 1.75. The van der Waals surface area contributed by atoms with Gasteiger partial charge in [0.05, 0.1) is 11.3 Å². The number of nitrogens with two attached hydrogens (primary N) is 1. The fourth-order valence-electron chi connectivity index (χ4n) is 2.54. The van der Waals surface area contributed by atoms with Crippen molar-refractivity contribution in [2.24, 2.45) is 5.73 Å². The number of aromatic nitrogens is 2. The molecule has 0 aliphatic heterocycles. The number of nitrogens with zero attached hydrogens (tertiary/aromatic N) is 2. The van der Waals surface area contributed by atoms with Gasteiger partial charge in [0.2, 0.25) is 0 Å². The van der Waals surface area contributed by atoms with E-state index in [1.807, 2.05) is 10.9 Å². The lowest BCUT2D eigenvalue weighted by atomic mass is 9.86. The lowest BCUT2D eigenvalue weighted by molar-refractivity contribution is -0.0376. The molecular formula is C15H29N3O. The largest absolute Gasteiger partial charge is 0.377 e. The second-order valence-electron chi connectivity index (χ2n) is 5.33. The monoisotopic (exact) mass is 267 g/mol. The fraction of sp³-hybridized carbons (Fsp3) is 0.800. The van der Waals surface area contributed by atoms with Gasteiger partial charge in [0.15, 0.2) is 0 Å². The number of hydrogen-bond donors (Lipinski definition) is 1. The zero-order chi connectivity index (χ0) is 14.5. The van der Waals surface area contributed by atoms with Gasteiger partial charge in [-0.2, -0.15) is 5.10 Å². The van der Waals surface area contributed by atoms with E-state index in [1.54, 1.807) is 7.11 Å². The predicted molar refractivity (Wildman–Crippen MR) is 79.2 cm³/mol. The predicted octanol–water partition coefficient (Wildman–Crippen LogP) is 2.93. The van der Waals surface area contributed by atoms with E-state index < -0.39 is 0 Å². The van der Waals surface area contributed by atoms with E-state index in [1.165, 1.54) is 0 Å². The quantitative estimate of drug-likeness (QED) is 0.788. The third kappa shape index (κ3) is 3.57. The van der Waals surface area contributed by atoms with E-state index >= 15 is 0 Å². The Kier molecular flexibility index (Phi) is 6.01. The second kappa shape index (κ2) is 7.06. The molecule has 1 rings (SSSR count). The molecule has 2 unspecified atom stereocenters. The van der Waals surface area contributed by atoms with Crippen molar-refractivity contribution < 1.29 is 4.74 Å². The summed E-state index contributed by atoms with van der Waals surface area (Å²) in [5.74, 6) is 0. The Morgan fingerprint density at radius 3 is 2.47 bits per heavy atom. The van der Waals surface area contributed by atoms with Crippen LogP contribution in [0, 0.1) is 0 Å². The Bertz CT molecular complexity index is 363. The molecule has 0 saturated heterocycles. The molecule has 0 fully saturated rings. The Morgan fingerprint density at radius 1 is 1.37 bits per heavy atom. The molecule has 110 valence electrons. The van der Waals surface area contributed by atoms with Crippen LogP contribution in [0.2, 0.25) is 0 Å². The van der Waals surface area contributed by atoms with Gasteiger partial charge in [-0.15, -0.1) is 0 Å². The van der Waals surface area contributed by atoms with Gasteiger partial charge in [0, 0.05) is 31.8 Å². The minimum atomic E-state index is -0.236. The number of ether oxygens (including phenoxy) is 1. The zero-order valence-corrected chi connectivity index (χ0v) is 13.0. The van der Waals surface area contributed by atoms with Crippen LogP contribution < -0.4 is 5.73 Å². The zero-order valence-electron chi connectivity index (χ0n) is 13.0. The van der Waals surface area contributed by atoms with E-state index in [0.29, 0.717) is 6.04 Å². The van der Waals surface area contributed by atoms with Crippen molar-refractivity contribution in [2.45, 2.75) is 71.1 Å². The van der Waals surface area contributed by atoms with Gasteiger partial charge in [-0.05, 0) is 32.3 Å². The standard InChI is InChI=1S/C15H29N3O/c1-6-12(4)18-10-9-13(17-18)11-14(16)15(7-2,8-3)19-5/h9-10,12,14H,6-8,11,16H2,1-5H3. The summed E-state index contributed by atoms with van der Waals surface area (Å²) in [5.41, 5.74) is 7.18. The topological polar surface area (TPSA) is 53.1 Å². The molecule has 1 heterocycles. The van der Waals surface area contributed by atoms with Crippen molar-refractivity contribution in [2.75, 3.05) is 7.11 Å². The van der Waals surface area contributed by atoms with Gasteiger partial charge in [0.25, 0.3) is 0 Å². The highest BCUT2D eigenvalue weighted by molar-refractivity contribution is 5.05. The first-order valence-electron chi connectivity index (χ1n) is 7.37. The summed E-state index contributed by atoms with van der Waals surface area (Å²) < 4.78 is 7.71. The maximum absolute atomic E-state index is 6.36. The molecule has 0 amide bonds. The number of methoxy groups -OCH3 is 1. The first-order valence-corrected chi connectivity index (χ1v) is 7.37. The van der Waals surface area contributed by atoms with Gasteiger partial charge in [-0.25, -0.2) is 0 Å². The summed E-state index contributed by atoms with van der Waals surface area (Å²) in [6.07, 6.45) is 5.74. The highest BCUT2D eigenvalue weighted by Crippen LogP contribution is 2.25. The Balaban J connectivity index is 2.76. The molecule has 0 radical (unpaired) electrons. The van der Waals surface area contributed by atoms with Gasteiger partial charge in [-0.1, -0.05) is 20.8 Å². The van der Waals surface area contributed by atoms with Gasteiger partial charge >= 0.3 is 0 Å². The van der Waals surface area contributed by atoms with Crippen LogP contribution in [0.4, 0.5) is 0 Å². The smallest absolute Gasteiger partial charge is 0.0827 e. The molecule has 4 heteroatoms. The van der Waals surface area contributed by atoms with E-state index in [-0.39, 0.29) is 11.6 Å². The molecule has 2 N–H and O–H groups in total. The van der Waals surface area contributed by atoms with E-state index in [0.717, 1.165) is 31.4 Å². The van der Waals surface area contributed by atoms with Gasteiger partial charge in [0.1, 0.15) is 0 Å². The minimum absolute atomic E-state index is 0.0206. The highest BCUT2D eigenvalue weighted by atomic mass is 16.5. The average molecular weight is 267 g/mol. The summed E-state index contributed by atoms with van der Waals surface area (Å²) in [4.78, 5) is 0. The Labute approximate surface area is 117 Å². The lowest BCUT2D eigenvalue weighted by Gasteiger charge is -2.36. The molecule has 4 nitrogen and oxygen atoms in total. The van der Waals surface area contributed by atoms with Crippen LogP contribution in [0.1, 0.15) is 58.7 Å². The van der Waals surface area contributed by atoms with E-state index in [4.69, 9.17) is 10.5 Å². The summed E-state index contributed by atoms with van der Waals surface area (Å²) >= 11 is 0. The Hall–Kier alpha value is -0.870. The second-order valence-corrected chi connectivity index (χ2v) is 5.33. The third-order valence-electron chi connectivity index (χ3n) is 4.41. The molecule has 0 spiro atoms. The highest BCUT2D eigenvalue weighted by Gasteiger charge is 2.33. The van der Waals surface area contributed by atoms with Crippen LogP contribution in [-0.2, 0) is 11.2 Å². The summed E-state index contributed by atoms with van der Waals surface area (Å²) in [6.45, 7) is 8.60. The maximum atomic E-state index is 6.36. The SMILES string of the molecule is CCC(C)n1ccc(CC(N)C(CC)(CC)OC)n1. The molecule has 0 saturated carbocycles. The minimum Gasteiger partial charge on any atom is -0.377 e. The van der Waals surface area contributed by atoms with Crippen molar-refractivity contribution in [1.82, 2.24) is 9.78 Å². The Morgan fingerprint density at radius 2 is 2.00 bits per heavy atom. The van der Waals surface area contributed by atoms with E-state index in [2.05, 4.69) is 38.9 Å². The molecule has 1 aromatic heterocycles. The normalized spacial score (nSPS) is 15.5. The van der Waals surface area contributed by atoms with Crippen LogP contribution in [-0.4, -0.2) is 28.5 Å². The van der Waals surface area contributed by atoms with E-state index in [9.17, 15) is 0 Å². The van der Waals surface area contributed by atoms with Crippen molar-refractivity contribution >= 4 is 0 Å². The summed E-state index contributed by atoms with van der Waals surface area (Å²) in [6, 6.07) is 2.49. The molecule has 0 aromatic carbocycles. The number of rotatable bonds is 8. The summed E-state index contributed by atoms with van der Waals surface area (Å²) in [5, 5.41) is 4.62. The van der Waals surface area contributed by atoms with Crippen molar-refractivity contribution in [3.05, 3.63) is 18.0 Å².